The van der Waals surface area contributed by atoms with Crippen LogP contribution in [0.15, 0.2) is 24.5 Å². The first-order chi connectivity index (χ1) is 15.7. The maximum absolute atomic E-state index is 13.3. The lowest BCUT2D eigenvalue weighted by atomic mass is 9.85. The molecule has 33 heavy (non-hydrogen) atoms. The number of fused-ring (bicyclic) bond motifs is 2. The van der Waals surface area contributed by atoms with E-state index in [0.717, 1.165) is 15.8 Å². The number of anilines is 1. The molecule has 0 spiro atoms. The van der Waals surface area contributed by atoms with E-state index in [1.807, 2.05) is 13.0 Å². The number of amides is 1. The third kappa shape index (κ3) is 3.98. The summed E-state index contributed by atoms with van der Waals surface area (Å²) in [6.45, 7) is 3.62. The number of rotatable bonds is 2. The van der Waals surface area contributed by atoms with Crippen molar-refractivity contribution in [2.75, 3.05) is 24.5 Å². The van der Waals surface area contributed by atoms with E-state index in [9.17, 15) is 18.0 Å². The van der Waals surface area contributed by atoms with Gasteiger partial charge in [-0.3, -0.25) is 14.8 Å². The van der Waals surface area contributed by atoms with Crippen molar-refractivity contribution in [1.82, 2.24) is 29.6 Å². The molecule has 2 atom stereocenters. The molecule has 12 heteroatoms. The Balaban J connectivity index is 1.29. The van der Waals surface area contributed by atoms with Crippen LogP contribution in [0.25, 0.3) is 11.0 Å². The molecule has 3 aromatic rings. The maximum Gasteiger partial charge on any atom is 0.451 e. The lowest BCUT2D eigenvalue weighted by Crippen LogP contribution is -2.49. The van der Waals surface area contributed by atoms with E-state index in [2.05, 4.69) is 25.1 Å². The second-order valence-electron chi connectivity index (χ2n) is 8.52. The molecule has 0 N–H and O–H groups in total. The molecule has 8 nitrogen and oxygen atoms in total. The van der Waals surface area contributed by atoms with Crippen molar-refractivity contribution in [3.05, 3.63) is 41.2 Å². The first-order valence-electron chi connectivity index (χ1n) is 10.7. The minimum atomic E-state index is -4.56. The van der Waals surface area contributed by atoms with E-state index in [4.69, 9.17) is 11.6 Å². The molecule has 2 unspecified atom stereocenters. The summed E-state index contributed by atoms with van der Waals surface area (Å²) in [7, 11) is 0. The van der Waals surface area contributed by atoms with Gasteiger partial charge in [-0.1, -0.05) is 18.5 Å². The molecule has 1 amide bonds. The van der Waals surface area contributed by atoms with Gasteiger partial charge in [0.15, 0.2) is 5.82 Å². The number of carbonyl (C=O) groups is 1. The summed E-state index contributed by atoms with van der Waals surface area (Å²) in [5.74, 6) is -1.05. The Morgan fingerprint density at radius 1 is 1.18 bits per heavy atom. The van der Waals surface area contributed by atoms with E-state index >= 15 is 0 Å². The van der Waals surface area contributed by atoms with Gasteiger partial charge in [0.25, 0.3) is 0 Å². The largest absolute Gasteiger partial charge is 0.451 e. The fourth-order valence-corrected chi connectivity index (χ4v) is 4.92. The lowest BCUT2D eigenvalue weighted by Gasteiger charge is -2.40. The molecule has 174 valence electrons. The predicted molar refractivity (Wildman–Crippen MR) is 114 cm³/mol. The second kappa shape index (κ2) is 8.12. The summed E-state index contributed by atoms with van der Waals surface area (Å²) in [6, 6.07) is 3.68. The van der Waals surface area contributed by atoms with E-state index in [-0.39, 0.29) is 43.2 Å². The van der Waals surface area contributed by atoms with E-state index in [0.29, 0.717) is 30.0 Å². The Kier molecular flexibility index (Phi) is 5.38. The molecule has 0 saturated carbocycles. The average Bonchev–Trinajstić information content (AvgIpc) is 3.22. The van der Waals surface area contributed by atoms with E-state index < -0.39 is 12.0 Å². The average molecular weight is 480 g/mol. The summed E-state index contributed by atoms with van der Waals surface area (Å²) >= 11 is 6.04. The topological polar surface area (TPSA) is 80.0 Å². The number of pyridine rings is 2. The summed E-state index contributed by atoms with van der Waals surface area (Å²) in [6.07, 6.45) is -0.616. The number of carbonyl (C=O) groups excluding carboxylic acids is 1. The highest BCUT2D eigenvalue weighted by molar-refractivity contribution is 6.31. The quantitative estimate of drug-likeness (QED) is 0.560. The SMILES string of the molecule is CC1CN(c2ccnc3cc(Cl)cnc23)CCC1C(=O)N1CCn2c(nnc2C(F)(F)F)C1. The van der Waals surface area contributed by atoms with Crippen molar-refractivity contribution in [3.8, 4) is 0 Å². The van der Waals surface area contributed by atoms with Gasteiger partial charge in [-0.2, -0.15) is 13.2 Å². The lowest BCUT2D eigenvalue weighted by molar-refractivity contribution is -0.148. The van der Waals surface area contributed by atoms with Gasteiger partial charge in [-0.25, -0.2) is 0 Å². The van der Waals surface area contributed by atoms with Gasteiger partial charge in [0, 0.05) is 44.5 Å². The number of hydrogen-bond acceptors (Lipinski definition) is 6. The third-order valence-corrected chi connectivity index (χ3v) is 6.61. The maximum atomic E-state index is 13.3. The third-order valence-electron chi connectivity index (χ3n) is 6.40. The van der Waals surface area contributed by atoms with Crippen molar-refractivity contribution < 1.29 is 18.0 Å². The van der Waals surface area contributed by atoms with Crippen LogP contribution in [0, 0.1) is 11.8 Å². The number of aromatic nitrogens is 5. The number of alkyl halides is 3. The molecule has 2 aliphatic rings. The Hall–Kier alpha value is -2.95. The van der Waals surface area contributed by atoms with Gasteiger partial charge in [0.2, 0.25) is 11.7 Å². The molecule has 1 fully saturated rings. The highest BCUT2D eigenvalue weighted by Gasteiger charge is 2.41. The van der Waals surface area contributed by atoms with Crippen LogP contribution in [0.5, 0.6) is 0 Å². The molecule has 0 radical (unpaired) electrons. The highest BCUT2D eigenvalue weighted by atomic mass is 35.5. The van der Waals surface area contributed by atoms with Gasteiger partial charge in [-0.15, -0.1) is 10.2 Å². The van der Waals surface area contributed by atoms with Gasteiger partial charge < -0.3 is 14.4 Å². The smallest absolute Gasteiger partial charge is 0.369 e. The predicted octanol–water partition coefficient (Wildman–Crippen LogP) is 3.40. The molecule has 2 aliphatic heterocycles. The zero-order chi connectivity index (χ0) is 23.3. The zero-order valence-corrected chi connectivity index (χ0v) is 18.5. The molecule has 0 aliphatic carbocycles. The molecule has 0 aromatic carbocycles. The Morgan fingerprint density at radius 2 is 2.00 bits per heavy atom. The molecule has 3 aromatic heterocycles. The van der Waals surface area contributed by atoms with Gasteiger partial charge in [0.1, 0.15) is 5.52 Å². The van der Waals surface area contributed by atoms with Crippen LogP contribution in [0.2, 0.25) is 5.02 Å². The molecule has 0 bridgehead atoms. The first-order valence-corrected chi connectivity index (χ1v) is 11.0. The van der Waals surface area contributed by atoms with Crippen molar-refractivity contribution >= 4 is 34.2 Å². The van der Waals surface area contributed by atoms with Crippen LogP contribution >= 0.6 is 11.6 Å². The normalized spacial score (nSPS) is 21.4. The minimum absolute atomic E-state index is 0.0351. The molecule has 5 heterocycles. The number of piperidine rings is 1. The Labute approximate surface area is 192 Å². The number of hydrogen-bond donors (Lipinski definition) is 0. The second-order valence-corrected chi connectivity index (χ2v) is 8.96. The number of nitrogens with zero attached hydrogens (tertiary/aromatic N) is 7. The molecular formula is C21H21ClF3N7O. The zero-order valence-electron chi connectivity index (χ0n) is 17.8. The molecule has 1 saturated heterocycles. The van der Waals surface area contributed by atoms with Crippen molar-refractivity contribution in [2.45, 2.75) is 32.6 Å². The van der Waals surface area contributed by atoms with E-state index in [1.165, 1.54) is 0 Å². The molecular weight excluding hydrogens is 459 g/mol. The fourth-order valence-electron chi connectivity index (χ4n) is 4.77. The Morgan fingerprint density at radius 3 is 2.76 bits per heavy atom. The highest BCUT2D eigenvalue weighted by Crippen LogP contribution is 2.34. The first kappa shape index (κ1) is 21.9. The summed E-state index contributed by atoms with van der Waals surface area (Å²) < 4.78 is 40.3. The summed E-state index contributed by atoms with van der Waals surface area (Å²) in [5.41, 5.74) is 2.41. The minimum Gasteiger partial charge on any atom is -0.369 e. The van der Waals surface area contributed by atoms with Crippen LogP contribution in [-0.4, -0.2) is 55.2 Å². The standard InChI is InChI=1S/C21H21ClF3N7O/c1-12-10-30(16-2-4-26-15-8-13(22)9-27-18(15)16)5-3-14(12)19(33)31-6-7-32-17(11-31)28-29-20(32)21(23,24)25/h2,4,8-9,12,14H,3,5-7,10-11H2,1H3. The van der Waals surface area contributed by atoms with Crippen molar-refractivity contribution in [2.24, 2.45) is 11.8 Å². The van der Waals surface area contributed by atoms with Crippen LogP contribution in [0.1, 0.15) is 25.0 Å². The van der Waals surface area contributed by atoms with Gasteiger partial charge in [0.05, 0.1) is 22.8 Å². The van der Waals surface area contributed by atoms with E-state index in [1.54, 1.807) is 23.4 Å². The summed E-state index contributed by atoms with van der Waals surface area (Å²) in [4.78, 5) is 25.8. The Bertz CT molecular complexity index is 1210. The molecule has 5 rings (SSSR count). The van der Waals surface area contributed by atoms with Crippen molar-refractivity contribution in [1.29, 1.82) is 0 Å². The van der Waals surface area contributed by atoms with Crippen LogP contribution < -0.4 is 4.90 Å². The van der Waals surface area contributed by atoms with Crippen LogP contribution in [-0.2, 0) is 24.1 Å². The van der Waals surface area contributed by atoms with Gasteiger partial charge >= 0.3 is 6.18 Å². The fraction of sp³-hybridized carbons (Fsp3) is 0.476. The van der Waals surface area contributed by atoms with Crippen LogP contribution in [0.3, 0.4) is 0 Å². The van der Waals surface area contributed by atoms with Gasteiger partial charge in [-0.05, 0) is 24.5 Å². The van der Waals surface area contributed by atoms with Crippen molar-refractivity contribution in [3.63, 3.8) is 0 Å². The number of halogens is 4. The monoisotopic (exact) mass is 479 g/mol. The summed E-state index contributed by atoms with van der Waals surface area (Å²) in [5, 5.41) is 7.48. The van der Waals surface area contributed by atoms with Crippen LogP contribution in [0.4, 0.5) is 18.9 Å².